The van der Waals surface area contributed by atoms with Crippen LogP contribution in [0.5, 0.6) is 34.5 Å². The molecule has 176 valence electrons. The lowest BCUT2D eigenvalue weighted by atomic mass is 9.48. The van der Waals surface area contributed by atoms with Crippen LogP contribution in [0, 0.1) is 17.8 Å². The summed E-state index contributed by atoms with van der Waals surface area (Å²) in [4.78, 5) is 0. The lowest BCUT2D eigenvalue weighted by Crippen LogP contribution is -2.48. The van der Waals surface area contributed by atoms with Crippen LogP contribution in [0.4, 0.5) is 11.4 Å². The van der Waals surface area contributed by atoms with Crippen molar-refractivity contribution in [3.8, 4) is 34.5 Å². The van der Waals surface area contributed by atoms with Crippen LogP contribution in [0.15, 0.2) is 54.6 Å². The Bertz CT molecular complexity index is 1220. The first-order chi connectivity index (χ1) is 16.4. The Labute approximate surface area is 199 Å². The van der Waals surface area contributed by atoms with Gasteiger partial charge in [0.1, 0.15) is 23.0 Å². The van der Waals surface area contributed by atoms with Gasteiger partial charge in [0.15, 0.2) is 11.5 Å². The molecular weight excluding hydrogens is 428 g/mol. The number of nitrogen functional groups attached to an aromatic ring is 2. The third-order valence-electron chi connectivity index (χ3n) is 8.03. The number of anilines is 2. The molecule has 4 bridgehead atoms. The van der Waals surface area contributed by atoms with Gasteiger partial charge in [-0.25, -0.2) is 0 Å². The standard InChI is InChI=1S/C28H30N2O4/c29-22-11-19(4-6-24(22)31)33-26-3-1-2-21(27(26)34-20-5-7-25(32)23(30)12-20)28-13-16-8-17(14-28)10-18(9-16)15-28/h1-7,11-12,16-18,31-32H,8-10,13-15,29-30H2. The van der Waals surface area contributed by atoms with Crippen LogP contribution in [-0.2, 0) is 5.41 Å². The lowest BCUT2D eigenvalue weighted by Gasteiger charge is -2.57. The van der Waals surface area contributed by atoms with Crippen molar-refractivity contribution in [1.82, 2.24) is 0 Å². The van der Waals surface area contributed by atoms with E-state index in [9.17, 15) is 10.2 Å². The summed E-state index contributed by atoms with van der Waals surface area (Å²) in [6, 6.07) is 15.8. The highest BCUT2D eigenvalue weighted by Crippen LogP contribution is 2.63. The number of hydrogen-bond acceptors (Lipinski definition) is 6. The van der Waals surface area contributed by atoms with Gasteiger partial charge in [-0.05, 0) is 92.0 Å². The summed E-state index contributed by atoms with van der Waals surface area (Å²) < 4.78 is 12.8. The van der Waals surface area contributed by atoms with Crippen molar-refractivity contribution in [1.29, 1.82) is 0 Å². The summed E-state index contributed by atoms with van der Waals surface area (Å²) in [6.07, 6.45) is 7.61. The van der Waals surface area contributed by atoms with Gasteiger partial charge >= 0.3 is 0 Å². The number of phenols is 2. The maximum absolute atomic E-state index is 9.88. The molecule has 4 aliphatic carbocycles. The van der Waals surface area contributed by atoms with Crippen molar-refractivity contribution in [2.45, 2.75) is 43.9 Å². The van der Waals surface area contributed by atoms with E-state index >= 15 is 0 Å². The van der Waals surface area contributed by atoms with Gasteiger partial charge in [0.25, 0.3) is 0 Å². The molecule has 4 fully saturated rings. The Morgan fingerprint density at radius 2 is 1.24 bits per heavy atom. The van der Waals surface area contributed by atoms with Gasteiger partial charge in [-0.2, -0.15) is 0 Å². The van der Waals surface area contributed by atoms with E-state index in [4.69, 9.17) is 20.9 Å². The molecule has 0 unspecified atom stereocenters. The van der Waals surface area contributed by atoms with Crippen molar-refractivity contribution < 1.29 is 19.7 Å². The smallest absolute Gasteiger partial charge is 0.173 e. The number of rotatable bonds is 5. The largest absolute Gasteiger partial charge is 0.506 e. The minimum absolute atomic E-state index is 0.0192. The quantitative estimate of drug-likeness (QED) is 0.263. The highest BCUT2D eigenvalue weighted by atomic mass is 16.5. The number of nitrogens with two attached hydrogens (primary N) is 2. The first-order valence-electron chi connectivity index (χ1n) is 12.0. The zero-order valence-corrected chi connectivity index (χ0v) is 19.0. The number of ether oxygens (including phenoxy) is 2. The normalized spacial score (nSPS) is 27.0. The average molecular weight is 459 g/mol. The van der Waals surface area contributed by atoms with E-state index < -0.39 is 0 Å². The SMILES string of the molecule is Nc1cc(Oc2cccc(C34CC5CC(CC(C5)C3)C4)c2Oc2ccc(O)c(N)c2)ccc1O. The Balaban J connectivity index is 1.45. The lowest BCUT2D eigenvalue weighted by molar-refractivity contribution is -0.00608. The monoisotopic (exact) mass is 458 g/mol. The third-order valence-corrected chi connectivity index (χ3v) is 8.03. The van der Waals surface area contributed by atoms with Gasteiger partial charge in [0, 0.05) is 17.7 Å². The number of para-hydroxylation sites is 1. The van der Waals surface area contributed by atoms with Crippen LogP contribution < -0.4 is 20.9 Å². The van der Waals surface area contributed by atoms with E-state index in [2.05, 4.69) is 6.07 Å². The van der Waals surface area contributed by atoms with Crippen molar-refractivity contribution in [2.24, 2.45) is 17.8 Å². The Hall–Kier alpha value is -3.54. The van der Waals surface area contributed by atoms with Crippen LogP contribution in [0.1, 0.15) is 44.1 Å². The molecule has 6 N–H and O–H groups in total. The summed E-state index contributed by atoms with van der Waals surface area (Å²) in [5.41, 5.74) is 13.6. The fourth-order valence-electron chi connectivity index (χ4n) is 7.00. The molecule has 34 heavy (non-hydrogen) atoms. The third kappa shape index (κ3) is 3.58. The molecule has 0 aliphatic heterocycles. The van der Waals surface area contributed by atoms with Gasteiger partial charge in [-0.1, -0.05) is 12.1 Å². The van der Waals surface area contributed by atoms with E-state index in [1.165, 1.54) is 50.2 Å². The number of hydrogen-bond donors (Lipinski definition) is 4. The number of benzene rings is 3. The van der Waals surface area contributed by atoms with Crippen LogP contribution in [-0.4, -0.2) is 10.2 Å². The van der Waals surface area contributed by atoms with Gasteiger partial charge in [0.2, 0.25) is 0 Å². The van der Waals surface area contributed by atoms with Gasteiger partial charge in [0.05, 0.1) is 11.4 Å². The Morgan fingerprint density at radius 3 is 1.76 bits per heavy atom. The fraction of sp³-hybridized carbons (Fsp3) is 0.357. The van der Waals surface area contributed by atoms with E-state index in [0.29, 0.717) is 23.0 Å². The topological polar surface area (TPSA) is 111 Å². The second-order valence-electron chi connectivity index (χ2n) is 10.5. The highest BCUT2D eigenvalue weighted by molar-refractivity contribution is 5.60. The molecule has 6 nitrogen and oxygen atoms in total. The van der Waals surface area contributed by atoms with Crippen LogP contribution >= 0.6 is 0 Å². The minimum Gasteiger partial charge on any atom is -0.506 e. The zero-order valence-electron chi connectivity index (χ0n) is 19.0. The average Bonchev–Trinajstić information content (AvgIpc) is 2.79. The number of aromatic hydroxyl groups is 2. The maximum atomic E-state index is 9.88. The van der Waals surface area contributed by atoms with Gasteiger partial charge < -0.3 is 31.2 Å². The molecule has 0 radical (unpaired) electrons. The van der Waals surface area contributed by atoms with E-state index in [1.54, 1.807) is 30.3 Å². The van der Waals surface area contributed by atoms with Gasteiger partial charge in [-0.3, -0.25) is 0 Å². The van der Waals surface area contributed by atoms with E-state index in [1.807, 2.05) is 12.1 Å². The molecule has 3 aromatic rings. The minimum atomic E-state index is 0.0192. The second-order valence-corrected chi connectivity index (χ2v) is 10.5. The fourth-order valence-corrected chi connectivity index (χ4v) is 7.00. The molecule has 0 heterocycles. The molecular formula is C28H30N2O4. The summed E-state index contributed by atoms with van der Waals surface area (Å²) in [5.74, 6) is 4.73. The molecule has 3 aromatic carbocycles. The van der Waals surface area contributed by atoms with Crippen molar-refractivity contribution >= 4 is 11.4 Å². The first-order valence-corrected chi connectivity index (χ1v) is 12.0. The van der Waals surface area contributed by atoms with Crippen molar-refractivity contribution in [3.63, 3.8) is 0 Å². The molecule has 0 saturated heterocycles. The molecule has 0 aromatic heterocycles. The molecule has 7 rings (SSSR count). The van der Waals surface area contributed by atoms with Crippen LogP contribution in [0.2, 0.25) is 0 Å². The molecule has 4 saturated carbocycles. The molecule has 0 amide bonds. The number of phenolic OH excluding ortho intramolecular Hbond substituents is 2. The summed E-state index contributed by atoms with van der Waals surface area (Å²) >= 11 is 0. The maximum Gasteiger partial charge on any atom is 0.173 e. The highest BCUT2D eigenvalue weighted by Gasteiger charge is 2.52. The summed E-state index contributed by atoms with van der Waals surface area (Å²) in [6.45, 7) is 0. The predicted molar refractivity (Wildman–Crippen MR) is 131 cm³/mol. The van der Waals surface area contributed by atoms with Crippen LogP contribution in [0.3, 0.4) is 0 Å². The van der Waals surface area contributed by atoms with E-state index in [-0.39, 0.29) is 28.3 Å². The van der Waals surface area contributed by atoms with E-state index in [0.717, 1.165) is 17.8 Å². The predicted octanol–water partition coefficient (Wildman–Crippen LogP) is 6.31. The van der Waals surface area contributed by atoms with Crippen molar-refractivity contribution in [2.75, 3.05) is 11.5 Å². The Kier molecular flexibility index (Phi) is 4.80. The summed E-state index contributed by atoms with van der Waals surface area (Å²) in [7, 11) is 0. The molecule has 0 atom stereocenters. The molecule has 0 spiro atoms. The molecule has 4 aliphatic rings. The first kappa shape index (κ1) is 21.0. The van der Waals surface area contributed by atoms with Crippen LogP contribution in [0.25, 0.3) is 0 Å². The van der Waals surface area contributed by atoms with Gasteiger partial charge in [-0.15, -0.1) is 0 Å². The van der Waals surface area contributed by atoms with Crippen molar-refractivity contribution in [3.05, 3.63) is 60.2 Å². The Morgan fingerprint density at radius 1 is 0.706 bits per heavy atom. The molecule has 6 heteroatoms. The summed E-state index contributed by atoms with van der Waals surface area (Å²) in [5, 5.41) is 19.7. The second kappa shape index (κ2) is 7.76. The zero-order chi connectivity index (χ0) is 23.4.